The van der Waals surface area contributed by atoms with Crippen molar-refractivity contribution in [2.75, 3.05) is 0 Å². The average molecular weight is 255 g/mol. The van der Waals surface area contributed by atoms with Gasteiger partial charge in [0, 0.05) is 5.56 Å². The van der Waals surface area contributed by atoms with Crippen molar-refractivity contribution >= 4 is 11.9 Å². The summed E-state index contributed by atoms with van der Waals surface area (Å²) in [6.07, 6.45) is -3.47. The first kappa shape index (κ1) is 13.9. The highest BCUT2D eigenvalue weighted by Crippen LogP contribution is 2.28. The Bertz CT molecular complexity index is 473. The lowest BCUT2D eigenvalue weighted by Gasteiger charge is -2.18. The van der Waals surface area contributed by atoms with E-state index in [9.17, 15) is 24.9 Å². The van der Waals surface area contributed by atoms with Gasteiger partial charge in [-0.25, -0.2) is 4.79 Å². The molecule has 7 heteroatoms. The molecule has 18 heavy (non-hydrogen) atoms. The number of phenolic OH excluding ortho intramolecular Hbond substituents is 1. The summed E-state index contributed by atoms with van der Waals surface area (Å²) in [5.74, 6) is -2.52. The molecule has 0 aliphatic heterocycles. The molecule has 0 saturated heterocycles. The minimum atomic E-state index is -1.53. The third-order valence-corrected chi connectivity index (χ3v) is 2.37. The van der Waals surface area contributed by atoms with Crippen LogP contribution in [0.5, 0.6) is 5.75 Å². The monoisotopic (exact) mass is 255 g/mol. The van der Waals surface area contributed by atoms with E-state index >= 15 is 0 Å². The van der Waals surface area contributed by atoms with Crippen LogP contribution >= 0.6 is 0 Å². The third-order valence-electron chi connectivity index (χ3n) is 2.37. The fraction of sp³-hybridized carbons (Fsp3) is 0.273. The van der Waals surface area contributed by atoms with Crippen molar-refractivity contribution in [3.05, 3.63) is 29.3 Å². The minimum Gasteiger partial charge on any atom is -0.508 e. The number of primary amides is 1. The van der Waals surface area contributed by atoms with Crippen molar-refractivity contribution in [3.8, 4) is 5.75 Å². The molecule has 1 aromatic carbocycles. The number of carbonyl (C=O) groups excluding carboxylic acids is 1. The molecule has 0 aliphatic rings. The topological polar surface area (TPSA) is 141 Å². The highest BCUT2D eigenvalue weighted by atomic mass is 16.4. The Kier molecular flexibility index (Phi) is 4.24. The largest absolute Gasteiger partial charge is 0.508 e. The molecule has 2 atom stereocenters. The molecule has 0 aromatic heterocycles. The van der Waals surface area contributed by atoms with Gasteiger partial charge < -0.3 is 26.2 Å². The number of nitrogens with two attached hydrogens (primary N) is 1. The van der Waals surface area contributed by atoms with Gasteiger partial charge in [0.25, 0.3) is 0 Å². The van der Waals surface area contributed by atoms with E-state index in [0.29, 0.717) is 0 Å². The summed E-state index contributed by atoms with van der Waals surface area (Å²) in [5.41, 5.74) is 4.63. The van der Waals surface area contributed by atoms with Gasteiger partial charge in [-0.15, -0.1) is 0 Å². The smallest absolute Gasteiger partial charge is 0.335 e. The highest BCUT2D eigenvalue weighted by molar-refractivity contribution is 5.88. The number of carbonyl (C=O) groups is 2. The Morgan fingerprint density at radius 3 is 2.33 bits per heavy atom. The highest BCUT2D eigenvalue weighted by Gasteiger charge is 2.23. The number of carboxylic acids is 1. The number of aliphatic hydroxyl groups is 2. The number of aliphatic hydroxyl groups excluding tert-OH is 2. The van der Waals surface area contributed by atoms with Crippen molar-refractivity contribution in [3.63, 3.8) is 0 Å². The van der Waals surface area contributed by atoms with Gasteiger partial charge in [0.05, 0.1) is 18.1 Å². The van der Waals surface area contributed by atoms with Gasteiger partial charge in [0.1, 0.15) is 11.9 Å². The van der Waals surface area contributed by atoms with Crippen LogP contribution in [0.4, 0.5) is 0 Å². The molecule has 7 nitrogen and oxygen atoms in total. The van der Waals surface area contributed by atoms with Crippen molar-refractivity contribution in [1.29, 1.82) is 0 Å². The van der Waals surface area contributed by atoms with Crippen LogP contribution in [-0.4, -0.2) is 38.4 Å². The molecule has 0 spiro atoms. The van der Waals surface area contributed by atoms with E-state index in [1.54, 1.807) is 0 Å². The average Bonchev–Trinajstić information content (AvgIpc) is 2.26. The fourth-order valence-electron chi connectivity index (χ4n) is 1.45. The van der Waals surface area contributed by atoms with Crippen LogP contribution in [0, 0.1) is 0 Å². The zero-order chi connectivity index (χ0) is 13.9. The molecular weight excluding hydrogens is 242 g/mol. The Morgan fingerprint density at radius 2 is 1.89 bits per heavy atom. The van der Waals surface area contributed by atoms with Gasteiger partial charge in [0.2, 0.25) is 5.91 Å². The molecule has 0 saturated carbocycles. The zero-order valence-corrected chi connectivity index (χ0v) is 9.28. The number of benzene rings is 1. The van der Waals surface area contributed by atoms with Crippen LogP contribution in [-0.2, 0) is 4.79 Å². The van der Waals surface area contributed by atoms with Crippen LogP contribution < -0.4 is 5.73 Å². The van der Waals surface area contributed by atoms with E-state index in [4.69, 9.17) is 10.8 Å². The molecule has 2 unspecified atom stereocenters. The molecule has 0 bridgehead atoms. The van der Waals surface area contributed by atoms with Crippen LogP contribution in [0.15, 0.2) is 18.2 Å². The predicted molar refractivity (Wildman–Crippen MR) is 59.8 cm³/mol. The van der Waals surface area contributed by atoms with Gasteiger partial charge in [0.15, 0.2) is 0 Å². The first-order valence-electron chi connectivity index (χ1n) is 5.03. The first-order valence-corrected chi connectivity index (χ1v) is 5.03. The van der Waals surface area contributed by atoms with Gasteiger partial charge >= 0.3 is 5.97 Å². The third kappa shape index (κ3) is 3.19. The van der Waals surface area contributed by atoms with Crippen LogP contribution in [0.1, 0.15) is 28.4 Å². The normalized spacial score (nSPS) is 13.9. The second-order valence-corrected chi connectivity index (χ2v) is 3.76. The maximum Gasteiger partial charge on any atom is 0.335 e. The summed E-state index contributed by atoms with van der Waals surface area (Å²) in [6, 6.07) is 3.27. The lowest BCUT2D eigenvalue weighted by molar-refractivity contribution is -0.121. The number of rotatable bonds is 5. The summed E-state index contributed by atoms with van der Waals surface area (Å²) in [5, 5.41) is 37.4. The molecule has 1 amide bonds. The summed E-state index contributed by atoms with van der Waals surface area (Å²) in [6.45, 7) is 0. The predicted octanol–water partition coefficient (Wildman–Crippen LogP) is -0.640. The zero-order valence-electron chi connectivity index (χ0n) is 9.28. The molecule has 98 valence electrons. The van der Waals surface area contributed by atoms with Crippen molar-refractivity contribution in [1.82, 2.24) is 0 Å². The fourth-order valence-corrected chi connectivity index (χ4v) is 1.45. The number of aromatic carboxylic acids is 1. The van der Waals surface area contributed by atoms with Crippen molar-refractivity contribution < 1.29 is 30.0 Å². The molecule has 0 fully saturated rings. The molecule has 0 radical (unpaired) electrons. The molecular formula is C11H13NO6. The molecule has 1 aromatic rings. The number of aromatic hydroxyl groups is 1. The summed E-state index contributed by atoms with van der Waals surface area (Å²) >= 11 is 0. The molecule has 0 heterocycles. The lowest BCUT2D eigenvalue weighted by Crippen LogP contribution is -2.25. The lowest BCUT2D eigenvalue weighted by atomic mass is 9.99. The Labute approximate surface area is 102 Å². The minimum absolute atomic E-state index is 0.0752. The quantitative estimate of drug-likeness (QED) is 0.474. The van der Waals surface area contributed by atoms with E-state index in [-0.39, 0.29) is 11.1 Å². The van der Waals surface area contributed by atoms with E-state index in [1.807, 2.05) is 0 Å². The number of phenols is 1. The van der Waals surface area contributed by atoms with E-state index in [1.165, 1.54) is 0 Å². The van der Waals surface area contributed by atoms with Crippen LogP contribution in [0.3, 0.4) is 0 Å². The molecule has 0 aliphatic carbocycles. The van der Waals surface area contributed by atoms with Gasteiger partial charge in [-0.1, -0.05) is 6.07 Å². The number of hydrogen-bond acceptors (Lipinski definition) is 5. The summed E-state index contributed by atoms with van der Waals surface area (Å²) in [7, 11) is 0. The van der Waals surface area contributed by atoms with Crippen molar-refractivity contribution in [2.45, 2.75) is 18.6 Å². The number of amides is 1. The standard InChI is InChI=1S/C11H13NO6/c12-9(15)4-8(14)10(16)6-2-1-5(11(17)18)3-7(6)13/h1-3,8,10,13-14,16H,4H2,(H2,12,15)(H,17,18). The van der Waals surface area contributed by atoms with Gasteiger partial charge in [-0.3, -0.25) is 4.79 Å². The number of carboxylic acid groups (broad SMARTS) is 1. The summed E-state index contributed by atoms with van der Waals surface area (Å²) in [4.78, 5) is 21.2. The SMILES string of the molecule is NC(=O)CC(O)C(O)c1ccc(C(=O)O)cc1O. The second-order valence-electron chi connectivity index (χ2n) is 3.76. The van der Waals surface area contributed by atoms with Gasteiger partial charge in [-0.2, -0.15) is 0 Å². The first-order chi connectivity index (χ1) is 8.32. The van der Waals surface area contributed by atoms with E-state index in [2.05, 4.69) is 0 Å². The van der Waals surface area contributed by atoms with E-state index < -0.39 is 36.3 Å². The maximum atomic E-state index is 10.6. The van der Waals surface area contributed by atoms with Crippen LogP contribution in [0.2, 0.25) is 0 Å². The number of hydrogen-bond donors (Lipinski definition) is 5. The van der Waals surface area contributed by atoms with Crippen LogP contribution in [0.25, 0.3) is 0 Å². The molecule has 6 N–H and O–H groups in total. The van der Waals surface area contributed by atoms with E-state index in [0.717, 1.165) is 18.2 Å². The summed E-state index contributed by atoms with van der Waals surface area (Å²) < 4.78 is 0. The maximum absolute atomic E-state index is 10.6. The second kappa shape index (κ2) is 5.48. The van der Waals surface area contributed by atoms with Crippen molar-refractivity contribution in [2.24, 2.45) is 5.73 Å². The Hall–Kier alpha value is -2.12. The van der Waals surface area contributed by atoms with Gasteiger partial charge in [-0.05, 0) is 12.1 Å². The Morgan fingerprint density at radius 1 is 1.28 bits per heavy atom. The molecule has 1 rings (SSSR count). The Balaban J connectivity index is 2.96.